The molecule has 0 spiro atoms. The summed E-state index contributed by atoms with van der Waals surface area (Å²) in [4.78, 5) is 22.5. The average molecular weight is 284 g/mol. The Hall–Kier alpha value is -2.87. The smallest absolute Gasteiger partial charge is 0.331 e. The molecule has 0 radical (unpaired) electrons. The lowest BCUT2D eigenvalue weighted by Gasteiger charge is -2.06. The van der Waals surface area contributed by atoms with Crippen LogP contribution in [0.1, 0.15) is 24.5 Å². The molecule has 0 heterocycles. The number of carbonyl (C=O) groups is 2. The summed E-state index contributed by atoms with van der Waals surface area (Å²) in [6.07, 6.45) is 1.73. The lowest BCUT2D eigenvalue weighted by atomic mass is 10.1. The van der Waals surface area contributed by atoms with Crippen LogP contribution in [0, 0.1) is 11.3 Å². The van der Waals surface area contributed by atoms with Gasteiger partial charge in [0.1, 0.15) is 0 Å². The lowest BCUT2D eigenvalue weighted by Crippen LogP contribution is -2.25. The molecule has 5 nitrogen and oxygen atoms in total. The third-order valence-electron chi connectivity index (χ3n) is 2.72. The summed E-state index contributed by atoms with van der Waals surface area (Å²) in [6.45, 7) is 5.31. The molecule has 0 aliphatic rings. The van der Waals surface area contributed by atoms with Gasteiger partial charge in [0.25, 0.3) is 0 Å². The molecule has 1 aromatic rings. The maximum Gasteiger partial charge on any atom is 0.331 e. The van der Waals surface area contributed by atoms with Crippen LogP contribution in [0.15, 0.2) is 42.0 Å². The number of carbonyl (C=O) groups excluding carboxylic acids is 1. The largest absolute Gasteiger partial charge is 0.478 e. The molecular weight excluding hydrogens is 268 g/mol. The summed E-state index contributed by atoms with van der Waals surface area (Å²) in [7, 11) is 0. The number of hydrogen-bond acceptors (Lipinski definition) is 3. The number of nitriles is 1. The van der Waals surface area contributed by atoms with Crippen LogP contribution in [0.3, 0.4) is 0 Å². The molecule has 0 fully saturated rings. The molecule has 108 valence electrons. The molecular formula is C16H16N2O3. The second kappa shape index (κ2) is 7.65. The van der Waals surface area contributed by atoms with Crippen LogP contribution in [0.4, 0.5) is 0 Å². The molecule has 1 rings (SSSR count). The van der Waals surface area contributed by atoms with E-state index in [1.165, 1.54) is 6.08 Å². The van der Waals surface area contributed by atoms with E-state index in [9.17, 15) is 9.59 Å². The Morgan fingerprint density at radius 3 is 2.48 bits per heavy atom. The third-order valence-corrected chi connectivity index (χ3v) is 2.72. The summed E-state index contributed by atoms with van der Waals surface area (Å²) in [5.74, 6) is -1.33. The molecule has 0 saturated heterocycles. The highest BCUT2D eigenvalue weighted by atomic mass is 16.4. The molecule has 2 N–H and O–H groups in total. The number of nitrogens with zero attached hydrogens (tertiary/aromatic N) is 1. The van der Waals surface area contributed by atoms with Crippen molar-refractivity contribution in [2.45, 2.75) is 13.3 Å². The Morgan fingerprint density at radius 2 is 2.00 bits per heavy atom. The molecule has 0 aliphatic carbocycles. The summed E-state index contributed by atoms with van der Waals surface area (Å²) in [6, 6.07) is 8.58. The van der Waals surface area contributed by atoms with Gasteiger partial charge in [-0.25, -0.2) is 4.79 Å². The number of aliphatic carboxylic acids is 1. The molecule has 1 amide bonds. The van der Waals surface area contributed by atoms with E-state index >= 15 is 0 Å². The van der Waals surface area contributed by atoms with Crippen molar-refractivity contribution in [3.05, 3.63) is 53.1 Å². The van der Waals surface area contributed by atoms with Crippen molar-refractivity contribution in [2.75, 3.05) is 6.54 Å². The summed E-state index contributed by atoms with van der Waals surface area (Å²) >= 11 is 0. The Bertz CT molecular complexity index is 622. The number of hydrogen-bond donors (Lipinski definition) is 2. The summed E-state index contributed by atoms with van der Waals surface area (Å²) in [5, 5.41) is 20.4. The minimum absolute atomic E-state index is 0.182. The molecule has 0 bridgehead atoms. The van der Waals surface area contributed by atoms with Gasteiger partial charge in [0, 0.05) is 17.7 Å². The van der Waals surface area contributed by atoms with Crippen molar-refractivity contribution in [1.29, 1.82) is 5.26 Å². The minimum Gasteiger partial charge on any atom is -0.478 e. The van der Waals surface area contributed by atoms with Gasteiger partial charge in [0.15, 0.2) is 0 Å². The first-order valence-corrected chi connectivity index (χ1v) is 6.31. The van der Waals surface area contributed by atoms with E-state index in [0.29, 0.717) is 16.7 Å². The van der Waals surface area contributed by atoms with Crippen molar-refractivity contribution >= 4 is 18.0 Å². The first-order valence-electron chi connectivity index (χ1n) is 6.31. The molecule has 0 atom stereocenters. The zero-order valence-corrected chi connectivity index (χ0v) is 11.7. The zero-order chi connectivity index (χ0) is 15.8. The number of amides is 1. The van der Waals surface area contributed by atoms with Crippen molar-refractivity contribution in [1.82, 2.24) is 5.32 Å². The Morgan fingerprint density at radius 1 is 1.38 bits per heavy atom. The van der Waals surface area contributed by atoms with E-state index in [4.69, 9.17) is 10.4 Å². The fourth-order valence-electron chi connectivity index (χ4n) is 1.56. The predicted molar refractivity (Wildman–Crippen MR) is 79.2 cm³/mol. The van der Waals surface area contributed by atoms with E-state index in [-0.39, 0.29) is 24.4 Å². The van der Waals surface area contributed by atoms with Crippen molar-refractivity contribution in [2.24, 2.45) is 0 Å². The van der Waals surface area contributed by atoms with E-state index in [0.717, 1.165) is 0 Å². The number of rotatable bonds is 6. The van der Waals surface area contributed by atoms with Crippen molar-refractivity contribution < 1.29 is 14.7 Å². The van der Waals surface area contributed by atoms with Crippen LogP contribution in [-0.2, 0) is 9.59 Å². The van der Waals surface area contributed by atoms with Gasteiger partial charge in [-0.05, 0) is 37.1 Å². The van der Waals surface area contributed by atoms with Gasteiger partial charge in [0.2, 0.25) is 5.91 Å². The minimum atomic E-state index is -1.04. The van der Waals surface area contributed by atoms with Gasteiger partial charge < -0.3 is 10.4 Å². The quantitative estimate of drug-likeness (QED) is 0.783. The second-order valence-electron chi connectivity index (χ2n) is 4.49. The van der Waals surface area contributed by atoms with Gasteiger partial charge in [0.05, 0.1) is 11.6 Å². The van der Waals surface area contributed by atoms with E-state index in [2.05, 4.69) is 11.9 Å². The lowest BCUT2D eigenvalue weighted by molar-refractivity contribution is -0.132. The van der Waals surface area contributed by atoms with Crippen LogP contribution < -0.4 is 5.32 Å². The fraction of sp³-hybridized carbons (Fsp3) is 0.188. The standard InChI is InChI=1S/C16H16N2O3/c1-11(2)15(19)18-8-7-14(16(20)21)9-12-3-5-13(10-17)6-4-12/h3-6,9H,1,7-8H2,2H3,(H,18,19)(H,20,21)/b14-9+. The van der Waals surface area contributed by atoms with Gasteiger partial charge in [-0.15, -0.1) is 0 Å². The Labute approximate surface area is 123 Å². The molecule has 0 saturated carbocycles. The van der Waals surface area contributed by atoms with E-state index < -0.39 is 5.97 Å². The normalized spacial score (nSPS) is 10.6. The number of nitrogens with one attached hydrogen (secondary N) is 1. The number of carboxylic acid groups (broad SMARTS) is 1. The van der Waals surface area contributed by atoms with Crippen molar-refractivity contribution in [3.8, 4) is 6.07 Å². The molecule has 0 aliphatic heterocycles. The topological polar surface area (TPSA) is 90.2 Å². The average Bonchev–Trinajstić information content (AvgIpc) is 2.46. The maximum atomic E-state index is 11.3. The zero-order valence-electron chi connectivity index (χ0n) is 11.7. The van der Waals surface area contributed by atoms with E-state index in [1.54, 1.807) is 31.2 Å². The molecule has 0 unspecified atom stereocenters. The highest BCUT2D eigenvalue weighted by molar-refractivity contribution is 5.93. The predicted octanol–water partition coefficient (Wildman–Crippen LogP) is 2.11. The van der Waals surface area contributed by atoms with Crippen LogP contribution in [0.25, 0.3) is 6.08 Å². The van der Waals surface area contributed by atoms with Crippen molar-refractivity contribution in [3.63, 3.8) is 0 Å². The fourth-order valence-corrected chi connectivity index (χ4v) is 1.56. The van der Waals surface area contributed by atoms with E-state index in [1.807, 2.05) is 6.07 Å². The molecule has 0 aromatic heterocycles. The Kier molecular flexibility index (Phi) is 5.90. The van der Waals surface area contributed by atoms with Crippen LogP contribution >= 0.6 is 0 Å². The highest BCUT2D eigenvalue weighted by Gasteiger charge is 2.08. The second-order valence-corrected chi connectivity index (χ2v) is 4.49. The van der Waals surface area contributed by atoms with Crippen LogP contribution in [0.5, 0.6) is 0 Å². The highest BCUT2D eigenvalue weighted by Crippen LogP contribution is 2.11. The molecule has 21 heavy (non-hydrogen) atoms. The molecule has 5 heteroatoms. The maximum absolute atomic E-state index is 11.3. The third kappa shape index (κ3) is 5.33. The monoisotopic (exact) mass is 284 g/mol. The first-order chi connectivity index (χ1) is 9.93. The van der Waals surface area contributed by atoms with Gasteiger partial charge in [-0.2, -0.15) is 5.26 Å². The summed E-state index contributed by atoms with van der Waals surface area (Å²) in [5.41, 5.74) is 1.76. The summed E-state index contributed by atoms with van der Waals surface area (Å²) < 4.78 is 0. The van der Waals surface area contributed by atoms with Crippen LogP contribution in [0.2, 0.25) is 0 Å². The van der Waals surface area contributed by atoms with Crippen LogP contribution in [-0.4, -0.2) is 23.5 Å². The number of benzene rings is 1. The van der Waals surface area contributed by atoms with Gasteiger partial charge in [-0.1, -0.05) is 18.7 Å². The Balaban J connectivity index is 2.74. The number of carboxylic acids is 1. The van der Waals surface area contributed by atoms with Gasteiger partial charge in [-0.3, -0.25) is 4.79 Å². The SMILES string of the molecule is C=C(C)C(=O)NCC/C(=C\c1ccc(C#N)cc1)C(=O)O. The van der Waals surface area contributed by atoms with Gasteiger partial charge >= 0.3 is 5.97 Å². The first kappa shape index (κ1) is 16.2. The molecule has 1 aromatic carbocycles.